The van der Waals surface area contributed by atoms with E-state index >= 15 is 0 Å². The predicted octanol–water partition coefficient (Wildman–Crippen LogP) is 2.57. The monoisotopic (exact) mass is 353 g/mol. The highest BCUT2D eigenvalue weighted by Gasteiger charge is 2.37. The van der Waals surface area contributed by atoms with E-state index in [1.807, 2.05) is 13.8 Å². The number of amides is 1. The molecule has 25 heavy (non-hydrogen) atoms. The molecule has 0 saturated heterocycles. The van der Waals surface area contributed by atoms with Gasteiger partial charge in [0.15, 0.2) is 0 Å². The number of alkyl halides is 3. The number of nitrogens with zero attached hydrogens (tertiary/aromatic N) is 3. The lowest BCUT2D eigenvalue weighted by Crippen LogP contribution is -2.38. The molecule has 0 bridgehead atoms. The van der Waals surface area contributed by atoms with Crippen LogP contribution < -0.4 is 11.1 Å². The average molecular weight is 353 g/mol. The lowest BCUT2D eigenvalue weighted by atomic mass is 9.87. The third-order valence-corrected chi connectivity index (χ3v) is 4.30. The van der Waals surface area contributed by atoms with Crippen molar-refractivity contribution in [1.82, 2.24) is 19.9 Å². The molecule has 1 atom stereocenters. The number of carbonyl (C=O) groups excluding carboxylic acids is 1. The number of halogens is 3. The number of nitrogens with one attached hydrogen (secondary N) is 1. The van der Waals surface area contributed by atoms with Gasteiger partial charge in [0.2, 0.25) is 5.95 Å². The van der Waals surface area contributed by atoms with Gasteiger partial charge in [0.05, 0.1) is 17.0 Å². The molecule has 0 aromatic carbocycles. The Morgan fingerprint density at radius 2 is 2.16 bits per heavy atom. The molecule has 134 valence electrons. The molecular weight excluding hydrogens is 335 g/mol. The summed E-state index contributed by atoms with van der Waals surface area (Å²) in [7, 11) is 0. The molecule has 0 unspecified atom stereocenters. The van der Waals surface area contributed by atoms with Gasteiger partial charge < -0.3 is 15.6 Å². The highest BCUT2D eigenvalue weighted by atomic mass is 19.4. The van der Waals surface area contributed by atoms with Crippen molar-refractivity contribution in [3.8, 4) is 11.4 Å². The quantitative estimate of drug-likeness (QED) is 0.888. The third kappa shape index (κ3) is 3.31. The topological polar surface area (TPSA) is 85.8 Å². The molecule has 0 saturated carbocycles. The fourth-order valence-corrected chi connectivity index (χ4v) is 3.17. The van der Waals surface area contributed by atoms with E-state index in [2.05, 4.69) is 15.3 Å². The number of carbonyl (C=O) groups is 1. The largest absolute Gasteiger partial charge is 0.406 e. The normalized spacial score (nSPS) is 17.5. The van der Waals surface area contributed by atoms with Crippen LogP contribution in [0.15, 0.2) is 18.3 Å². The lowest BCUT2D eigenvalue weighted by Gasteiger charge is -2.29. The van der Waals surface area contributed by atoms with Gasteiger partial charge >= 0.3 is 6.18 Å². The second-order valence-electron chi connectivity index (χ2n) is 6.39. The van der Waals surface area contributed by atoms with Gasteiger partial charge in [0, 0.05) is 24.4 Å². The molecule has 1 aliphatic heterocycles. The first-order valence-corrected chi connectivity index (χ1v) is 7.84. The summed E-state index contributed by atoms with van der Waals surface area (Å²) in [5.74, 6) is -0.580. The van der Waals surface area contributed by atoms with Crippen molar-refractivity contribution in [3.05, 3.63) is 29.6 Å². The van der Waals surface area contributed by atoms with Crippen molar-refractivity contribution in [2.24, 2.45) is 5.92 Å². The second-order valence-corrected chi connectivity index (χ2v) is 6.39. The second kappa shape index (κ2) is 6.05. The van der Waals surface area contributed by atoms with Crippen LogP contribution in [0.2, 0.25) is 0 Å². The van der Waals surface area contributed by atoms with Gasteiger partial charge in [-0.1, -0.05) is 13.8 Å². The Morgan fingerprint density at radius 1 is 1.44 bits per heavy atom. The number of nitrogens with two attached hydrogens (primary N) is 1. The van der Waals surface area contributed by atoms with Crippen molar-refractivity contribution < 1.29 is 18.0 Å². The average Bonchev–Trinajstić information content (AvgIpc) is 2.86. The molecule has 0 fully saturated rings. The van der Waals surface area contributed by atoms with E-state index in [0.29, 0.717) is 12.2 Å². The molecule has 2 aromatic rings. The van der Waals surface area contributed by atoms with Crippen LogP contribution in [0.3, 0.4) is 0 Å². The minimum absolute atomic E-state index is 0.0416. The summed E-state index contributed by atoms with van der Waals surface area (Å²) in [5, 5.41) is 2.74. The highest BCUT2D eigenvalue weighted by Crippen LogP contribution is 2.37. The van der Waals surface area contributed by atoms with Gasteiger partial charge in [0.1, 0.15) is 6.54 Å². The number of fused-ring (bicyclic) bond motifs is 1. The van der Waals surface area contributed by atoms with E-state index in [0.717, 1.165) is 4.57 Å². The predicted molar refractivity (Wildman–Crippen MR) is 85.8 cm³/mol. The van der Waals surface area contributed by atoms with Crippen molar-refractivity contribution in [2.75, 3.05) is 12.3 Å². The van der Waals surface area contributed by atoms with Crippen LogP contribution in [0.4, 0.5) is 19.1 Å². The minimum Gasteiger partial charge on any atom is -0.368 e. The molecule has 0 aliphatic carbocycles. The number of rotatable bonds is 3. The zero-order valence-electron chi connectivity index (χ0n) is 13.8. The molecular formula is C16H18F3N5O. The van der Waals surface area contributed by atoms with Gasteiger partial charge in [-0.2, -0.15) is 13.2 Å². The molecule has 0 radical (unpaired) electrons. The first-order chi connectivity index (χ1) is 11.7. The van der Waals surface area contributed by atoms with Crippen LogP contribution in [0.25, 0.3) is 11.4 Å². The maximum absolute atomic E-state index is 13.2. The first-order valence-electron chi connectivity index (χ1n) is 7.84. The van der Waals surface area contributed by atoms with Crippen LogP contribution in [0, 0.1) is 5.92 Å². The Labute approximate surface area is 142 Å². The fourth-order valence-electron chi connectivity index (χ4n) is 3.17. The number of hydrogen-bond acceptors (Lipinski definition) is 4. The minimum atomic E-state index is -4.43. The highest BCUT2D eigenvalue weighted by molar-refractivity contribution is 5.98. The zero-order valence-corrected chi connectivity index (χ0v) is 13.8. The summed E-state index contributed by atoms with van der Waals surface area (Å²) in [6.45, 7) is 2.94. The van der Waals surface area contributed by atoms with Crippen molar-refractivity contribution in [1.29, 1.82) is 0 Å². The Bertz CT molecular complexity index is 813. The van der Waals surface area contributed by atoms with Gasteiger partial charge in [0.25, 0.3) is 5.91 Å². The van der Waals surface area contributed by atoms with Crippen molar-refractivity contribution >= 4 is 11.9 Å². The van der Waals surface area contributed by atoms with Gasteiger partial charge in [-0.05, 0) is 18.1 Å². The third-order valence-electron chi connectivity index (χ3n) is 4.30. The molecule has 3 heterocycles. The summed E-state index contributed by atoms with van der Waals surface area (Å²) in [6, 6.07) is 2.93. The van der Waals surface area contributed by atoms with E-state index in [4.69, 9.17) is 5.73 Å². The molecule has 1 aliphatic rings. The van der Waals surface area contributed by atoms with Gasteiger partial charge in [-0.3, -0.25) is 4.79 Å². The zero-order chi connectivity index (χ0) is 18.4. The van der Waals surface area contributed by atoms with Gasteiger partial charge in [-0.25, -0.2) is 9.97 Å². The molecule has 2 aromatic heterocycles. The first kappa shape index (κ1) is 17.2. The van der Waals surface area contributed by atoms with Crippen LogP contribution in [0.5, 0.6) is 0 Å². The molecule has 3 rings (SSSR count). The number of hydrogen-bond donors (Lipinski definition) is 2. The number of nitrogen functional groups attached to an aromatic ring is 1. The van der Waals surface area contributed by atoms with E-state index < -0.39 is 12.7 Å². The van der Waals surface area contributed by atoms with E-state index in [1.54, 1.807) is 0 Å². The van der Waals surface area contributed by atoms with Gasteiger partial charge in [-0.15, -0.1) is 0 Å². The summed E-state index contributed by atoms with van der Waals surface area (Å²) in [4.78, 5) is 20.0. The molecule has 6 nitrogen and oxygen atoms in total. The van der Waals surface area contributed by atoms with Crippen LogP contribution in [-0.2, 0) is 6.54 Å². The number of aromatic nitrogens is 3. The Hall–Kier alpha value is -2.58. The SMILES string of the molecule is CC(C)[C@H]1CNC(=O)c2cc(-c3ccnc(N)n3)n(CC(F)(F)F)c21. The fraction of sp³-hybridized carbons (Fsp3) is 0.438. The maximum Gasteiger partial charge on any atom is 0.406 e. The molecule has 0 spiro atoms. The van der Waals surface area contributed by atoms with Crippen LogP contribution in [-0.4, -0.2) is 33.2 Å². The van der Waals surface area contributed by atoms with Crippen molar-refractivity contribution in [3.63, 3.8) is 0 Å². The van der Waals surface area contributed by atoms with Crippen molar-refractivity contribution in [2.45, 2.75) is 32.5 Å². The molecule has 1 amide bonds. The van der Waals surface area contributed by atoms with Crippen LogP contribution >= 0.6 is 0 Å². The summed E-state index contributed by atoms with van der Waals surface area (Å²) in [5.41, 5.74) is 6.67. The Morgan fingerprint density at radius 3 is 2.76 bits per heavy atom. The smallest absolute Gasteiger partial charge is 0.368 e. The van der Waals surface area contributed by atoms with E-state index in [-0.39, 0.29) is 40.6 Å². The van der Waals surface area contributed by atoms with E-state index in [1.165, 1.54) is 18.3 Å². The molecule has 3 N–H and O–H groups in total. The summed E-state index contributed by atoms with van der Waals surface area (Å²) in [6.07, 6.45) is -3.06. The lowest BCUT2D eigenvalue weighted by molar-refractivity contribution is -0.140. The standard InChI is InChI=1S/C16H18F3N5O/c1-8(2)10-6-22-14(25)9-5-12(11-3-4-21-15(20)23-11)24(13(9)10)7-16(17,18)19/h3-5,8,10H,6-7H2,1-2H3,(H,22,25)(H2,20,21,23)/t10-/m1/s1. The summed E-state index contributed by atoms with van der Waals surface area (Å²) < 4.78 is 40.8. The van der Waals surface area contributed by atoms with E-state index in [9.17, 15) is 18.0 Å². The van der Waals surface area contributed by atoms with Crippen LogP contribution in [0.1, 0.15) is 35.8 Å². The Balaban J connectivity index is 2.25. The number of anilines is 1. The maximum atomic E-state index is 13.2. The summed E-state index contributed by atoms with van der Waals surface area (Å²) >= 11 is 0. The molecule has 9 heteroatoms. The Kier molecular flexibility index (Phi) is 4.18.